The lowest BCUT2D eigenvalue weighted by Crippen LogP contribution is -2.56. The first-order chi connectivity index (χ1) is 13.2. The Bertz CT molecular complexity index is 776. The molecule has 6 nitrogen and oxygen atoms in total. The molecule has 0 saturated carbocycles. The van der Waals surface area contributed by atoms with E-state index in [2.05, 4.69) is 18.7 Å². The molecule has 0 unspecified atom stereocenters. The molecule has 0 bridgehead atoms. The lowest BCUT2D eigenvalue weighted by atomic mass is 9.91. The second-order valence-electron chi connectivity index (χ2n) is 8.62. The molecule has 28 heavy (non-hydrogen) atoms. The van der Waals surface area contributed by atoms with E-state index >= 15 is 0 Å². The van der Waals surface area contributed by atoms with Crippen molar-refractivity contribution in [1.82, 2.24) is 14.1 Å². The molecule has 3 atom stereocenters. The third-order valence-corrected chi connectivity index (χ3v) is 7.93. The van der Waals surface area contributed by atoms with Crippen molar-refractivity contribution in [3.8, 4) is 0 Å². The number of hydrogen-bond donors (Lipinski definition) is 0. The van der Waals surface area contributed by atoms with Crippen LogP contribution in [0.5, 0.6) is 0 Å². The van der Waals surface area contributed by atoms with Crippen molar-refractivity contribution in [3.05, 3.63) is 29.8 Å². The molecule has 156 valence electrons. The van der Waals surface area contributed by atoms with Crippen molar-refractivity contribution in [2.75, 3.05) is 39.3 Å². The van der Waals surface area contributed by atoms with E-state index in [0.29, 0.717) is 42.9 Å². The Kier molecular flexibility index (Phi) is 6.47. The minimum Gasteiger partial charge on any atom is -0.341 e. The summed E-state index contributed by atoms with van der Waals surface area (Å²) in [5.41, 5.74) is 1.04. The van der Waals surface area contributed by atoms with Crippen molar-refractivity contribution in [3.63, 3.8) is 0 Å². The summed E-state index contributed by atoms with van der Waals surface area (Å²) in [6.45, 7) is 12.0. The van der Waals surface area contributed by atoms with Crippen LogP contribution in [-0.2, 0) is 14.8 Å². The van der Waals surface area contributed by atoms with Crippen molar-refractivity contribution >= 4 is 15.9 Å². The second-order valence-corrected chi connectivity index (χ2v) is 10.6. The zero-order valence-electron chi connectivity index (χ0n) is 17.5. The number of carbonyl (C=O) groups is 1. The van der Waals surface area contributed by atoms with Crippen molar-refractivity contribution in [1.29, 1.82) is 0 Å². The van der Waals surface area contributed by atoms with E-state index < -0.39 is 10.0 Å². The normalized spacial score (nSPS) is 26.2. The summed E-state index contributed by atoms with van der Waals surface area (Å²) in [7, 11) is -3.47. The van der Waals surface area contributed by atoms with Gasteiger partial charge >= 0.3 is 0 Å². The molecule has 0 radical (unpaired) electrons. The summed E-state index contributed by atoms with van der Waals surface area (Å²) in [4.78, 5) is 17.4. The highest BCUT2D eigenvalue weighted by atomic mass is 32.2. The number of aryl methyl sites for hydroxylation is 1. The third kappa shape index (κ3) is 4.58. The summed E-state index contributed by atoms with van der Waals surface area (Å²) in [5, 5.41) is 0. The van der Waals surface area contributed by atoms with Gasteiger partial charge in [-0.1, -0.05) is 31.5 Å². The van der Waals surface area contributed by atoms with Crippen LogP contribution in [-0.4, -0.2) is 73.7 Å². The van der Waals surface area contributed by atoms with Crippen LogP contribution in [0.15, 0.2) is 29.2 Å². The number of nitrogens with zero attached hydrogens (tertiary/aromatic N) is 3. The molecule has 2 saturated heterocycles. The minimum atomic E-state index is -3.47. The zero-order chi connectivity index (χ0) is 20.5. The molecule has 1 amide bonds. The Balaban J connectivity index is 1.60. The summed E-state index contributed by atoms with van der Waals surface area (Å²) in [6.07, 6.45) is 1.17. The maximum Gasteiger partial charge on any atom is 0.243 e. The molecule has 2 aliphatic heterocycles. The molecular weight excluding hydrogens is 374 g/mol. The minimum absolute atomic E-state index is 0.174. The van der Waals surface area contributed by atoms with E-state index in [1.165, 1.54) is 10.7 Å². The number of benzene rings is 1. The molecule has 0 aromatic heterocycles. The average Bonchev–Trinajstić information content (AvgIpc) is 2.66. The van der Waals surface area contributed by atoms with Gasteiger partial charge in [-0.05, 0) is 44.2 Å². The van der Waals surface area contributed by atoms with E-state index in [4.69, 9.17) is 0 Å². The third-order valence-electron chi connectivity index (χ3n) is 6.02. The second kappa shape index (κ2) is 8.51. The Morgan fingerprint density at radius 1 is 1.00 bits per heavy atom. The smallest absolute Gasteiger partial charge is 0.243 e. The van der Waals surface area contributed by atoms with Crippen LogP contribution in [0, 0.1) is 18.8 Å². The average molecular weight is 408 g/mol. The molecule has 2 heterocycles. The number of carbonyl (C=O) groups excluding carboxylic acids is 1. The highest BCUT2D eigenvalue weighted by Crippen LogP contribution is 2.23. The standard InChI is InChI=1S/C21H33N3O3S/c1-16-5-7-20(8-6-16)28(26,27)24-11-9-22(10-12-24)19(4)21(25)23-14-17(2)13-18(3)15-23/h5-8,17-19H,9-15H2,1-4H3/t17-,18+,19-/m0/s1. The molecule has 2 fully saturated rings. The number of rotatable bonds is 4. The van der Waals surface area contributed by atoms with Crippen molar-refractivity contribution < 1.29 is 13.2 Å². The van der Waals surface area contributed by atoms with Gasteiger partial charge in [0.25, 0.3) is 0 Å². The molecule has 2 aliphatic rings. The van der Waals surface area contributed by atoms with Crippen molar-refractivity contribution in [2.45, 2.75) is 45.1 Å². The van der Waals surface area contributed by atoms with Gasteiger partial charge in [0, 0.05) is 39.3 Å². The van der Waals surface area contributed by atoms with Gasteiger partial charge in [-0.2, -0.15) is 4.31 Å². The number of piperidine rings is 1. The Hall–Kier alpha value is -1.44. The van der Waals surface area contributed by atoms with Gasteiger partial charge in [0.15, 0.2) is 0 Å². The lowest BCUT2D eigenvalue weighted by Gasteiger charge is -2.41. The first-order valence-corrected chi connectivity index (χ1v) is 11.7. The number of sulfonamides is 1. The highest BCUT2D eigenvalue weighted by molar-refractivity contribution is 7.89. The Morgan fingerprint density at radius 3 is 2.07 bits per heavy atom. The molecule has 3 rings (SSSR count). The first kappa shape index (κ1) is 21.3. The number of hydrogen-bond acceptors (Lipinski definition) is 4. The van der Waals surface area contributed by atoms with Gasteiger partial charge in [-0.3, -0.25) is 9.69 Å². The molecule has 7 heteroatoms. The zero-order valence-corrected chi connectivity index (χ0v) is 18.3. The maximum absolute atomic E-state index is 13.0. The topological polar surface area (TPSA) is 60.9 Å². The van der Waals surface area contributed by atoms with E-state index in [9.17, 15) is 13.2 Å². The fourth-order valence-corrected chi connectivity index (χ4v) is 5.88. The van der Waals surface area contributed by atoms with Crippen molar-refractivity contribution in [2.24, 2.45) is 11.8 Å². The fraction of sp³-hybridized carbons (Fsp3) is 0.667. The predicted octanol–water partition coefficient (Wildman–Crippen LogP) is 2.19. The molecular formula is C21H33N3O3S. The molecule has 1 aromatic carbocycles. The molecule has 0 spiro atoms. The highest BCUT2D eigenvalue weighted by Gasteiger charge is 2.34. The summed E-state index contributed by atoms with van der Waals surface area (Å²) in [5.74, 6) is 1.25. The monoisotopic (exact) mass is 407 g/mol. The van der Waals surface area contributed by atoms with Gasteiger partial charge in [-0.25, -0.2) is 8.42 Å². The Morgan fingerprint density at radius 2 is 1.54 bits per heavy atom. The van der Waals surface area contributed by atoms with Crippen LogP contribution in [0.3, 0.4) is 0 Å². The number of amides is 1. The summed E-state index contributed by atoms with van der Waals surface area (Å²) in [6, 6.07) is 6.78. The number of likely N-dealkylation sites (tertiary alicyclic amines) is 1. The van der Waals surface area contributed by atoms with Crippen LogP contribution in [0.1, 0.15) is 32.8 Å². The summed E-state index contributed by atoms with van der Waals surface area (Å²) < 4.78 is 27.3. The molecule has 0 aliphatic carbocycles. The fourth-order valence-electron chi connectivity index (χ4n) is 4.45. The van der Waals surface area contributed by atoms with Gasteiger partial charge in [0.1, 0.15) is 0 Å². The SMILES string of the molecule is Cc1ccc(S(=O)(=O)N2CCN([C@@H](C)C(=O)N3C[C@H](C)C[C@H](C)C3)CC2)cc1. The number of piperazine rings is 1. The maximum atomic E-state index is 13.0. The summed E-state index contributed by atoms with van der Waals surface area (Å²) >= 11 is 0. The van der Waals surface area contributed by atoms with E-state index in [-0.39, 0.29) is 11.9 Å². The van der Waals surface area contributed by atoms with Gasteiger partial charge in [-0.15, -0.1) is 0 Å². The van der Waals surface area contributed by atoms with E-state index in [1.807, 2.05) is 30.9 Å². The van der Waals surface area contributed by atoms with E-state index in [0.717, 1.165) is 18.7 Å². The predicted molar refractivity (Wildman–Crippen MR) is 110 cm³/mol. The lowest BCUT2D eigenvalue weighted by molar-refractivity contribution is -0.139. The van der Waals surface area contributed by atoms with Crippen LogP contribution < -0.4 is 0 Å². The quantitative estimate of drug-likeness (QED) is 0.768. The first-order valence-electron chi connectivity index (χ1n) is 10.3. The largest absolute Gasteiger partial charge is 0.341 e. The Labute approximate surface area is 169 Å². The van der Waals surface area contributed by atoms with Crippen LogP contribution in [0.2, 0.25) is 0 Å². The van der Waals surface area contributed by atoms with E-state index in [1.54, 1.807) is 12.1 Å². The van der Waals surface area contributed by atoms with Gasteiger partial charge in [0.05, 0.1) is 10.9 Å². The van der Waals surface area contributed by atoms with Gasteiger partial charge < -0.3 is 4.90 Å². The van der Waals surface area contributed by atoms with Gasteiger partial charge in [0.2, 0.25) is 15.9 Å². The molecule has 1 aromatic rings. The molecule has 0 N–H and O–H groups in total. The van der Waals surface area contributed by atoms with Crippen LogP contribution in [0.25, 0.3) is 0 Å². The van der Waals surface area contributed by atoms with Crippen LogP contribution in [0.4, 0.5) is 0 Å². The van der Waals surface area contributed by atoms with Crippen LogP contribution >= 0.6 is 0 Å².